The Morgan fingerprint density at radius 1 is 1.50 bits per heavy atom. The van der Waals surface area contributed by atoms with Gasteiger partial charge in [-0.2, -0.15) is 0 Å². The van der Waals surface area contributed by atoms with Gasteiger partial charge in [0, 0.05) is 19.1 Å². The minimum atomic E-state index is 0.602. The molecule has 1 aliphatic rings. The van der Waals surface area contributed by atoms with Crippen molar-refractivity contribution in [2.45, 2.75) is 25.8 Å². The Morgan fingerprint density at radius 2 is 2.22 bits per heavy atom. The zero-order chi connectivity index (χ0) is 13.3. The molecule has 1 fully saturated rings. The van der Waals surface area contributed by atoms with Gasteiger partial charge in [-0.25, -0.2) is 4.98 Å². The summed E-state index contributed by atoms with van der Waals surface area (Å²) in [7, 11) is 4.29. The van der Waals surface area contributed by atoms with Crippen molar-refractivity contribution in [1.29, 1.82) is 0 Å². The number of aromatic nitrogens is 1. The van der Waals surface area contributed by atoms with E-state index in [2.05, 4.69) is 44.8 Å². The van der Waals surface area contributed by atoms with Crippen LogP contribution < -0.4 is 10.6 Å². The lowest BCUT2D eigenvalue weighted by molar-refractivity contribution is 0.257. The van der Waals surface area contributed by atoms with Gasteiger partial charge >= 0.3 is 0 Å². The van der Waals surface area contributed by atoms with Crippen LogP contribution in [0.1, 0.15) is 18.4 Å². The van der Waals surface area contributed by atoms with Crippen LogP contribution in [0.4, 0.5) is 11.5 Å². The smallest absolute Gasteiger partial charge is 0.143 e. The molecule has 2 heterocycles. The first-order valence-corrected chi connectivity index (χ1v) is 7.12. The maximum atomic E-state index is 5.88. The highest BCUT2D eigenvalue weighted by atomic mass is 79.9. The first kappa shape index (κ1) is 13.6. The number of piperidine rings is 1. The predicted molar refractivity (Wildman–Crippen MR) is 80.0 cm³/mol. The highest BCUT2D eigenvalue weighted by molar-refractivity contribution is 9.10. The number of nitrogens with two attached hydrogens (primary N) is 1. The normalized spacial score (nSPS) is 20.5. The van der Waals surface area contributed by atoms with Crippen molar-refractivity contribution < 1.29 is 0 Å². The summed E-state index contributed by atoms with van der Waals surface area (Å²) in [6, 6.07) is 0.602. The second-order valence-corrected chi connectivity index (χ2v) is 5.97. The van der Waals surface area contributed by atoms with Gasteiger partial charge < -0.3 is 15.5 Å². The molecule has 5 heteroatoms. The molecular formula is C13H21BrN4. The van der Waals surface area contributed by atoms with E-state index >= 15 is 0 Å². The number of likely N-dealkylation sites (N-methyl/N-ethyl adjacent to an activating group) is 1. The van der Waals surface area contributed by atoms with Gasteiger partial charge in [-0.15, -0.1) is 0 Å². The summed E-state index contributed by atoms with van der Waals surface area (Å²) in [6.45, 7) is 4.12. The van der Waals surface area contributed by atoms with E-state index in [9.17, 15) is 0 Å². The molecule has 2 rings (SSSR count). The van der Waals surface area contributed by atoms with Crippen LogP contribution in [0.15, 0.2) is 10.7 Å². The van der Waals surface area contributed by atoms with Crippen molar-refractivity contribution in [1.82, 2.24) is 9.88 Å². The molecule has 1 aromatic rings. The van der Waals surface area contributed by atoms with Gasteiger partial charge in [-0.1, -0.05) is 0 Å². The van der Waals surface area contributed by atoms with E-state index in [-0.39, 0.29) is 0 Å². The molecule has 1 unspecified atom stereocenters. The largest absolute Gasteiger partial charge is 0.397 e. The summed E-state index contributed by atoms with van der Waals surface area (Å²) in [5.74, 6) is 1.02. The molecule has 0 bridgehead atoms. The Kier molecular flexibility index (Phi) is 4.12. The number of rotatable bonds is 2. The quantitative estimate of drug-likeness (QED) is 0.910. The summed E-state index contributed by atoms with van der Waals surface area (Å²) < 4.78 is 1.03. The lowest BCUT2D eigenvalue weighted by atomic mass is 10.0. The van der Waals surface area contributed by atoms with E-state index in [1.807, 2.05) is 6.92 Å². The Hall–Kier alpha value is -0.810. The van der Waals surface area contributed by atoms with E-state index in [0.717, 1.165) is 34.6 Å². The van der Waals surface area contributed by atoms with Gasteiger partial charge in [-0.05, 0) is 55.4 Å². The molecule has 0 aromatic carbocycles. The minimum absolute atomic E-state index is 0.602. The zero-order valence-corrected chi connectivity index (χ0v) is 12.9. The lowest BCUT2D eigenvalue weighted by Crippen LogP contribution is -2.45. The van der Waals surface area contributed by atoms with Gasteiger partial charge in [-0.3, -0.25) is 0 Å². The van der Waals surface area contributed by atoms with E-state index in [1.54, 1.807) is 6.20 Å². The molecule has 1 aromatic heterocycles. The van der Waals surface area contributed by atoms with Crippen molar-refractivity contribution in [2.24, 2.45) is 0 Å². The number of nitrogens with zero attached hydrogens (tertiary/aromatic N) is 3. The van der Waals surface area contributed by atoms with Gasteiger partial charge in [0.15, 0.2) is 0 Å². The lowest BCUT2D eigenvalue weighted by Gasteiger charge is -2.37. The molecule has 4 nitrogen and oxygen atoms in total. The van der Waals surface area contributed by atoms with Crippen LogP contribution in [0, 0.1) is 6.92 Å². The van der Waals surface area contributed by atoms with E-state index in [1.165, 1.54) is 12.8 Å². The van der Waals surface area contributed by atoms with E-state index in [4.69, 9.17) is 5.73 Å². The summed E-state index contributed by atoms with van der Waals surface area (Å²) in [5.41, 5.74) is 7.69. The van der Waals surface area contributed by atoms with Crippen molar-refractivity contribution in [3.63, 3.8) is 0 Å². The van der Waals surface area contributed by atoms with Crippen molar-refractivity contribution >= 4 is 27.4 Å². The van der Waals surface area contributed by atoms with Crippen LogP contribution in [0.25, 0.3) is 0 Å². The van der Waals surface area contributed by atoms with Gasteiger partial charge in [0.25, 0.3) is 0 Å². The molecule has 0 radical (unpaired) electrons. The second-order valence-electron chi connectivity index (χ2n) is 5.18. The van der Waals surface area contributed by atoms with Gasteiger partial charge in [0.1, 0.15) is 5.82 Å². The third kappa shape index (κ3) is 2.62. The third-order valence-electron chi connectivity index (χ3n) is 3.71. The number of anilines is 2. The van der Waals surface area contributed by atoms with E-state index in [0.29, 0.717) is 6.04 Å². The summed E-state index contributed by atoms with van der Waals surface area (Å²) in [6.07, 6.45) is 4.23. The van der Waals surface area contributed by atoms with Crippen LogP contribution in [0.2, 0.25) is 0 Å². The number of hydrogen-bond acceptors (Lipinski definition) is 4. The Balaban J connectivity index is 2.24. The molecule has 0 spiro atoms. The first-order valence-electron chi connectivity index (χ1n) is 6.32. The molecule has 1 saturated heterocycles. The molecule has 0 saturated carbocycles. The van der Waals surface area contributed by atoms with E-state index < -0.39 is 0 Å². The van der Waals surface area contributed by atoms with Crippen LogP contribution in [-0.4, -0.2) is 43.1 Å². The first-order chi connectivity index (χ1) is 8.50. The van der Waals surface area contributed by atoms with Crippen LogP contribution >= 0.6 is 15.9 Å². The highest BCUT2D eigenvalue weighted by Crippen LogP contribution is 2.32. The molecule has 0 aliphatic carbocycles. The molecule has 2 N–H and O–H groups in total. The topological polar surface area (TPSA) is 45.4 Å². The number of halogens is 1. The van der Waals surface area contributed by atoms with Gasteiger partial charge in [0.2, 0.25) is 0 Å². The van der Waals surface area contributed by atoms with Crippen molar-refractivity contribution in [3.8, 4) is 0 Å². The maximum Gasteiger partial charge on any atom is 0.143 e. The second kappa shape index (κ2) is 5.45. The molecule has 1 aliphatic heterocycles. The Labute approximate surface area is 117 Å². The zero-order valence-electron chi connectivity index (χ0n) is 11.3. The summed E-state index contributed by atoms with van der Waals surface area (Å²) in [5, 5.41) is 0. The van der Waals surface area contributed by atoms with Crippen LogP contribution in [-0.2, 0) is 0 Å². The predicted octanol–water partition coefficient (Wildman–Crippen LogP) is 2.27. The third-order valence-corrected chi connectivity index (χ3v) is 4.66. The Bertz CT molecular complexity index is 433. The van der Waals surface area contributed by atoms with Gasteiger partial charge in [0.05, 0.1) is 16.4 Å². The Morgan fingerprint density at radius 3 is 2.89 bits per heavy atom. The molecule has 1 atom stereocenters. The fourth-order valence-corrected chi connectivity index (χ4v) is 2.95. The average molecular weight is 313 g/mol. The fourth-order valence-electron chi connectivity index (χ4n) is 2.37. The molecular weight excluding hydrogens is 292 g/mol. The minimum Gasteiger partial charge on any atom is -0.397 e. The number of hydrogen-bond donors (Lipinski definition) is 1. The number of pyridine rings is 1. The fraction of sp³-hybridized carbons (Fsp3) is 0.615. The van der Waals surface area contributed by atoms with Crippen LogP contribution in [0.5, 0.6) is 0 Å². The molecule has 100 valence electrons. The van der Waals surface area contributed by atoms with Crippen molar-refractivity contribution in [3.05, 3.63) is 16.2 Å². The summed E-state index contributed by atoms with van der Waals surface area (Å²) in [4.78, 5) is 9.14. The monoisotopic (exact) mass is 312 g/mol. The standard InChI is InChI=1S/C13H21BrN4/c1-9-11(15)7-16-13(12(9)14)18-6-4-5-10(8-18)17(2)3/h7,10H,4-6,8,15H2,1-3H3. The maximum absolute atomic E-state index is 5.88. The van der Waals surface area contributed by atoms with Crippen molar-refractivity contribution in [2.75, 3.05) is 37.8 Å². The van der Waals surface area contributed by atoms with Crippen LogP contribution in [0.3, 0.4) is 0 Å². The highest BCUT2D eigenvalue weighted by Gasteiger charge is 2.24. The summed E-state index contributed by atoms with van der Waals surface area (Å²) >= 11 is 3.63. The SMILES string of the molecule is Cc1c(N)cnc(N2CCCC(N(C)C)C2)c1Br. The molecule has 0 amide bonds. The molecule has 18 heavy (non-hydrogen) atoms. The average Bonchev–Trinajstić information content (AvgIpc) is 2.36. The number of nitrogen functional groups attached to an aromatic ring is 1.